The first kappa shape index (κ1) is 32.9. The van der Waals surface area contributed by atoms with Gasteiger partial charge in [-0.15, -0.1) is 16.7 Å². The quantitative estimate of drug-likeness (QED) is 0.295. The number of rotatable bonds is 7. The molecule has 0 radical (unpaired) electrons. The van der Waals surface area contributed by atoms with Crippen molar-refractivity contribution in [1.82, 2.24) is 18.7 Å². The molecular formula is C25H26Cl2F3N5O6S. The molecule has 1 N–H and O–H groups in total. The van der Waals surface area contributed by atoms with Gasteiger partial charge >= 0.3 is 28.4 Å². The van der Waals surface area contributed by atoms with Crippen LogP contribution in [0.4, 0.5) is 18.9 Å². The van der Waals surface area contributed by atoms with Crippen molar-refractivity contribution in [2.75, 3.05) is 11.3 Å². The Morgan fingerprint density at radius 3 is 2.38 bits per heavy atom. The summed E-state index contributed by atoms with van der Waals surface area (Å²) >= 11 is 11.9. The van der Waals surface area contributed by atoms with Crippen molar-refractivity contribution in [3.05, 3.63) is 74.7 Å². The number of aromatic nitrogens is 3. The number of ether oxygens (including phenoxy) is 1. The topological polar surface area (TPSA) is 133 Å². The molecule has 0 saturated carbocycles. The van der Waals surface area contributed by atoms with E-state index < -0.39 is 51.6 Å². The minimum Gasteiger partial charge on any atom is -0.465 e. The van der Waals surface area contributed by atoms with Crippen LogP contribution in [0.3, 0.4) is 0 Å². The van der Waals surface area contributed by atoms with Gasteiger partial charge < -0.3 is 4.74 Å². The Morgan fingerprint density at radius 2 is 1.81 bits per heavy atom. The molecule has 1 amide bonds. The molecule has 2 heterocycles. The summed E-state index contributed by atoms with van der Waals surface area (Å²) in [7, 11) is -3.75. The minimum absolute atomic E-state index is 0.0424. The molecule has 42 heavy (non-hydrogen) atoms. The Labute approximate surface area is 249 Å². The Hall–Kier alpha value is -3.56. The van der Waals surface area contributed by atoms with E-state index in [1.807, 2.05) is 0 Å². The largest absolute Gasteiger partial charge is 0.465 e. The number of alkyl halides is 3. The third kappa shape index (κ3) is 6.90. The van der Waals surface area contributed by atoms with Crippen LogP contribution in [-0.2, 0) is 26.2 Å². The third-order valence-corrected chi connectivity index (χ3v) is 8.05. The zero-order valence-electron chi connectivity index (χ0n) is 22.6. The molecule has 11 nitrogen and oxygen atoms in total. The SMILES string of the molecule is CC(C)N1C(=O)c2ccccc2NS1(=O)=O.CCOC(=O)C(Cl)Cc1cc(-n2nc(C)n(C(F)F)c2=O)c(F)cc1Cl. The van der Waals surface area contributed by atoms with Crippen molar-refractivity contribution in [2.24, 2.45) is 0 Å². The second-order valence-electron chi connectivity index (χ2n) is 9.06. The van der Waals surface area contributed by atoms with E-state index in [1.54, 1.807) is 45.0 Å². The number of benzene rings is 2. The number of halogens is 5. The van der Waals surface area contributed by atoms with Crippen LogP contribution in [-0.4, -0.2) is 57.0 Å². The summed E-state index contributed by atoms with van der Waals surface area (Å²) in [5.74, 6) is -2.40. The van der Waals surface area contributed by atoms with Crippen molar-refractivity contribution >= 4 is 51.0 Å². The number of hydrogen-bond donors (Lipinski definition) is 1. The van der Waals surface area contributed by atoms with Crippen molar-refractivity contribution in [2.45, 2.75) is 52.1 Å². The molecule has 1 aromatic heterocycles. The maximum Gasteiger partial charge on any atom is 0.355 e. The molecule has 0 bridgehead atoms. The van der Waals surface area contributed by atoms with Gasteiger partial charge in [0.25, 0.3) is 5.91 Å². The average Bonchev–Trinajstić information content (AvgIpc) is 3.18. The van der Waals surface area contributed by atoms with Gasteiger partial charge in [0.2, 0.25) is 0 Å². The lowest BCUT2D eigenvalue weighted by Crippen LogP contribution is -2.48. The summed E-state index contributed by atoms with van der Waals surface area (Å²) in [5.41, 5.74) is -0.648. The van der Waals surface area contributed by atoms with Crippen LogP contribution >= 0.6 is 23.2 Å². The maximum absolute atomic E-state index is 14.2. The van der Waals surface area contributed by atoms with E-state index in [0.29, 0.717) is 15.9 Å². The molecule has 0 spiro atoms. The van der Waals surface area contributed by atoms with E-state index in [1.165, 1.54) is 6.92 Å². The van der Waals surface area contributed by atoms with Gasteiger partial charge in [0, 0.05) is 17.5 Å². The number of fused-ring (bicyclic) bond motifs is 1. The van der Waals surface area contributed by atoms with E-state index in [0.717, 1.165) is 16.4 Å². The second kappa shape index (κ2) is 13.2. The van der Waals surface area contributed by atoms with Crippen LogP contribution in [0, 0.1) is 12.7 Å². The smallest absolute Gasteiger partial charge is 0.355 e. The average molecular weight is 652 g/mol. The fraction of sp³-hybridized carbons (Fsp3) is 0.360. The summed E-state index contributed by atoms with van der Waals surface area (Å²) in [6.07, 6.45) is -0.115. The number of carbonyl (C=O) groups is 2. The molecule has 1 unspecified atom stereocenters. The van der Waals surface area contributed by atoms with Gasteiger partial charge in [-0.05, 0) is 57.5 Å². The Balaban J connectivity index is 0.000000258. The minimum atomic E-state index is -3.75. The first-order valence-electron chi connectivity index (χ1n) is 12.3. The number of nitrogens with zero attached hydrogens (tertiary/aromatic N) is 4. The van der Waals surface area contributed by atoms with Crippen LogP contribution < -0.4 is 10.4 Å². The highest BCUT2D eigenvalue weighted by Gasteiger charge is 2.37. The summed E-state index contributed by atoms with van der Waals surface area (Å²) < 4.78 is 72.3. The van der Waals surface area contributed by atoms with Gasteiger partial charge in [-0.2, -0.15) is 21.9 Å². The van der Waals surface area contributed by atoms with Gasteiger partial charge in [-0.3, -0.25) is 14.3 Å². The van der Waals surface area contributed by atoms with Crippen molar-refractivity contribution < 1.29 is 35.9 Å². The van der Waals surface area contributed by atoms with Gasteiger partial charge in [-0.25, -0.2) is 18.1 Å². The number of anilines is 1. The molecule has 0 saturated heterocycles. The molecule has 1 atom stereocenters. The van der Waals surface area contributed by atoms with Gasteiger partial charge in [-0.1, -0.05) is 23.7 Å². The van der Waals surface area contributed by atoms with Gasteiger partial charge in [0.15, 0.2) is 5.82 Å². The molecule has 1 aliphatic heterocycles. The first-order valence-corrected chi connectivity index (χ1v) is 14.6. The molecule has 4 rings (SSSR count). The Bertz CT molecular complexity index is 1660. The van der Waals surface area contributed by atoms with Gasteiger partial charge in [0.1, 0.15) is 16.9 Å². The summed E-state index contributed by atoms with van der Waals surface area (Å²) in [5, 5.41) is 2.52. The van der Waals surface area contributed by atoms with Crippen LogP contribution in [0.15, 0.2) is 41.2 Å². The highest BCUT2D eigenvalue weighted by Crippen LogP contribution is 2.28. The summed E-state index contributed by atoms with van der Waals surface area (Å²) in [6.45, 7) is 3.12. The number of hydrogen-bond acceptors (Lipinski definition) is 7. The molecule has 2 aromatic carbocycles. The fourth-order valence-electron chi connectivity index (χ4n) is 3.95. The van der Waals surface area contributed by atoms with E-state index in [2.05, 4.69) is 9.82 Å². The number of esters is 1. The van der Waals surface area contributed by atoms with Crippen LogP contribution in [0.2, 0.25) is 5.02 Å². The highest BCUT2D eigenvalue weighted by molar-refractivity contribution is 7.91. The van der Waals surface area contributed by atoms with Gasteiger partial charge in [0.05, 0.1) is 17.9 Å². The van der Waals surface area contributed by atoms with Crippen LogP contribution in [0.1, 0.15) is 49.1 Å². The van der Waals surface area contributed by atoms with Crippen LogP contribution in [0.5, 0.6) is 0 Å². The molecule has 0 fully saturated rings. The summed E-state index contributed by atoms with van der Waals surface area (Å²) in [6, 6.07) is 8.18. The fourth-order valence-corrected chi connectivity index (χ4v) is 5.84. The predicted octanol–water partition coefficient (Wildman–Crippen LogP) is 4.45. The summed E-state index contributed by atoms with van der Waals surface area (Å²) in [4.78, 5) is 35.7. The third-order valence-electron chi connectivity index (χ3n) is 5.79. The monoisotopic (exact) mass is 651 g/mol. The van der Waals surface area contributed by atoms with E-state index in [4.69, 9.17) is 27.9 Å². The molecule has 17 heteroatoms. The maximum atomic E-state index is 14.2. The first-order chi connectivity index (χ1) is 19.6. The lowest BCUT2D eigenvalue weighted by molar-refractivity contribution is -0.142. The number of nitrogens with one attached hydrogen (secondary N) is 1. The normalized spacial score (nSPS) is 14.6. The number of amides is 1. The zero-order chi connectivity index (χ0) is 31.5. The molecular weight excluding hydrogens is 626 g/mol. The van der Waals surface area contributed by atoms with E-state index >= 15 is 0 Å². The zero-order valence-corrected chi connectivity index (χ0v) is 25.0. The number of para-hydroxylation sites is 1. The standard InChI is InChI=1S/C15H14Cl2F3N3O3.C10H12N2O3S/c1-3-26-13(24)10(17)4-8-5-12(11(18)6-9(8)16)23-15(25)22(14(19)20)7(2)21-23;1-7(2)12-10(13)8-5-3-4-6-9(8)11-16(12,14)15/h5-6,10,14H,3-4H2,1-2H3;3-7,11H,1-2H3. The van der Waals surface area contributed by atoms with E-state index in [9.17, 15) is 36.0 Å². The lowest BCUT2D eigenvalue weighted by Gasteiger charge is -2.31. The van der Waals surface area contributed by atoms with E-state index in [-0.39, 0.29) is 39.7 Å². The van der Waals surface area contributed by atoms with Crippen molar-refractivity contribution in [3.8, 4) is 5.69 Å². The number of carbonyl (C=O) groups excluding carboxylic acids is 2. The Morgan fingerprint density at radius 1 is 1.17 bits per heavy atom. The second-order valence-corrected chi connectivity index (χ2v) is 11.5. The van der Waals surface area contributed by atoms with Crippen LogP contribution in [0.25, 0.3) is 5.69 Å². The Kier molecular flexibility index (Phi) is 10.3. The molecule has 1 aliphatic rings. The molecule has 3 aromatic rings. The molecule has 0 aliphatic carbocycles. The highest BCUT2D eigenvalue weighted by atomic mass is 35.5. The van der Waals surface area contributed by atoms with Crippen molar-refractivity contribution in [1.29, 1.82) is 0 Å². The predicted molar refractivity (Wildman–Crippen MR) is 149 cm³/mol. The van der Waals surface area contributed by atoms with Crippen molar-refractivity contribution in [3.63, 3.8) is 0 Å². The molecule has 228 valence electrons. The number of aryl methyl sites for hydroxylation is 1. The lowest BCUT2D eigenvalue weighted by atomic mass is 10.1.